The molecule has 0 fully saturated rings. The van der Waals surface area contributed by atoms with Crippen LogP contribution >= 0.6 is 11.6 Å². The average Bonchev–Trinajstić information content (AvgIpc) is 3.38. The molecule has 0 saturated carbocycles. The van der Waals surface area contributed by atoms with Gasteiger partial charge >= 0.3 is 6.61 Å². The third-order valence-corrected chi connectivity index (χ3v) is 4.52. The van der Waals surface area contributed by atoms with Crippen LogP contribution in [0.2, 0.25) is 5.02 Å². The van der Waals surface area contributed by atoms with E-state index in [9.17, 15) is 13.6 Å². The smallest absolute Gasteiger partial charge is 0.387 e. The quantitative estimate of drug-likeness (QED) is 0.428. The van der Waals surface area contributed by atoms with E-state index in [1.807, 2.05) is 18.2 Å². The highest BCUT2D eigenvalue weighted by molar-refractivity contribution is 6.30. The Kier molecular flexibility index (Phi) is 5.94. The number of H-pyrrole nitrogens is 1. The van der Waals surface area contributed by atoms with Crippen molar-refractivity contribution < 1.29 is 18.3 Å². The molecule has 10 heteroatoms. The molecule has 1 amide bonds. The van der Waals surface area contributed by atoms with Crippen LogP contribution in [0.4, 0.5) is 14.5 Å². The highest BCUT2D eigenvalue weighted by Crippen LogP contribution is 2.23. The number of carbonyl (C=O) groups excluding carboxylic acids is 1. The number of benzene rings is 2. The molecule has 0 atom stereocenters. The van der Waals surface area contributed by atoms with Crippen molar-refractivity contribution in [2.24, 2.45) is 0 Å². The molecule has 0 aliphatic carbocycles. The van der Waals surface area contributed by atoms with E-state index in [0.29, 0.717) is 28.5 Å². The third kappa shape index (κ3) is 5.26. The number of nitrogens with zero attached hydrogens (tertiary/aromatic N) is 3. The van der Waals surface area contributed by atoms with E-state index >= 15 is 0 Å². The van der Waals surface area contributed by atoms with Gasteiger partial charge in [0.1, 0.15) is 11.4 Å². The van der Waals surface area contributed by atoms with Crippen LogP contribution in [0.5, 0.6) is 5.75 Å². The molecule has 2 aromatic carbocycles. The minimum atomic E-state index is -2.89. The summed E-state index contributed by atoms with van der Waals surface area (Å²) < 4.78 is 30.5. The minimum Gasteiger partial charge on any atom is -0.435 e. The number of ether oxygens (including phenoxy) is 1. The number of halogens is 3. The summed E-state index contributed by atoms with van der Waals surface area (Å²) in [5.41, 5.74) is 2.96. The Hall–Kier alpha value is -3.72. The van der Waals surface area contributed by atoms with Gasteiger partial charge in [-0.05, 0) is 48.0 Å². The van der Waals surface area contributed by atoms with Crippen LogP contribution in [-0.4, -0.2) is 32.5 Å². The Morgan fingerprint density at radius 1 is 1.19 bits per heavy atom. The molecule has 4 rings (SSSR count). The molecule has 158 valence electrons. The van der Waals surface area contributed by atoms with E-state index < -0.39 is 6.61 Å². The van der Waals surface area contributed by atoms with Gasteiger partial charge in [-0.3, -0.25) is 14.6 Å². The zero-order chi connectivity index (χ0) is 21.8. The summed E-state index contributed by atoms with van der Waals surface area (Å²) in [5, 5.41) is 14.3. The number of hydrogen-bond donors (Lipinski definition) is 2. The Bertz CT molecular complexity index is 1190. The lowest BCUT2D eigenvalue weighted by Crippen LogP contribution is -2.12. The van der Waals surface area contributed by atoms with E-state index in [-0.39, 0.29) is 17.4 Å². The van der Waals surface area contributed by atoms with E-state index in [1.165, 1.54) is 12.1 Å². The highest BCUT2D eigenvalue weighted by Gasteiger charge is 2.12. The first kappa shape index (κ1) is 20.5. The lowest BCUT2D eigenvalue weighted by Gasteiger charge is -2.07. The molecule has 0 radical (unpaired) electrons. The van der Waals surface area contributed by atoms with Crippen molar-refractivity contribution >= 4 is 23.2 Å². The molecule has 0 aliphatic heterocycles. The number of anilines is 1. The Balaban J connectivity index is 1.42. The fraction of sp³-hybridized carbons (Fsp3) is 0.0952. The van der Waals surface area contributed by atoms with Crippen LogP contribution in [-0.2, 0) is 6.54 Å². The topological polar surface area (TPSA) is 84.8 Å². The van der Waals surface area contributed by atoms with Gasteiger partial charge in [-0.2, -0.15) is 19.0 Å². The number of carbonyl (C=O) groups is 1. The maximum atomic E-state index is 12.6. The monoisotopic (exact) mass is 443 g/mol. The van der Waals surface area contributed by atoms with Gasteiger partial charge in [-0.25, -0.2) is 0 Å². The van der Waals surface area contributed by atoms with E-state index in [0.717, 1.165) is 5.56 Å². The van der Waals surface area contributed by atoms with E-state index in [4.69, 9.17) is 11.6 Å². The number of alkyl halides is 2. The number of hydrogen-bond acceptors (Lipinski definition) is 4. The lowest BCUT2D eigenvalue weighted by atomic mass is 10.1. The van der Waals surface area contributed by atoms with Gasteiger partial charge in [0, 0.05) is 17.4 Å². The molecule has 0 aliphatic rings. The standard InChI is InChI=1S/C21H16ClF2N5O2/c22-15-10-25-29(12-15)11-13-2-1-3-16(8-13)26-20(30)19-9-18(27-28-19)14-4-6-17(7-5-14)31-21(23)24/h1-10,12,21H,11H2,(H,26,30)(H,27,28). The average molecular weight is 444 g/mol. The van der Waals surface area contributed by atoms with Crippen LogP contribution in [0.25, 0.3) is 11.3 Å². The SMILES string of the molecule is O=C(Nc1cccc(Cn2cc(Cl)cn2)c1)c1cc(-c2ccc(OC(F)F)cc2)n[nH]1. The molecular formula is C21H16ClF2N5O2. The van der Waals surface area contributed by atoms with Crippen molar-refractivity contribution in [2.45, 2.75) is 13.2 Å². The fourth-order valence-electron chi connectivity index (χ4n) is 2.95. The molecule has 31 heavy (non-hydrogen) atoms. The molecule has 2 heterocycles. The fourth-order valence-corrected chi connectivity index (χ4v) is 3.11. The van der Waals surface area contributed by atoms with Crippen molar-refractivity contribution in [1.29, 1.82) is 0 Å². The first-order valence-corrected chi connectivity index (χ1v) is 9.53. The van der Waals surface area contributed by atoms with Crippen LogP contribution < -0.4 is 10.1 Å². The van der Waals surface area contributed by atoms with Crippen LogP contribution in [0.1, 0.15) is 16.1 Å². The maximum Gasteiger partial charge on any atom is 0.387 e. The molecule has 2 N–H and O–H groups in total. The summed E-state index contributed by atoms with van der Waals surface area (Å²) >= 11 is 5.88. The van der Waals surface area contributed by atoms with Crippen molar-refractivity contribution in [2.75, 3.05) is 5.32 Å². The third-order valence-electron chi connectivity index (χ3n) is 4.33. The van der Waals surface area contributed by atoms with Gasteiger partial charge in [0.15, 0.2) is 0 Å². The van der Waals surface area contributed by atoms with Gasteiger partial charge < -0.3 is 10.1 Å². The molecule has 7 nitrogen and oxygen atoms in total. The highest BCUT2D eigenvalue weighted by atomic mass is 35.5. The molecule has 4 aromatic rings. The summed E-state index contributed by atoms with van der Waals surface area (Å²) in [4.78, 5) is 12.6. The molecule has 0 bridgehead atoms. The molecule has 0 spiro atoms. The number of aromatic nitrogens is 4. The Morgan fingerprint density at radius 2 is 2.00 bits per heavy atom. The zero-order valence-corrected chi connectivity index (χ0v) is 16.7. The van der Waals surface area contributed by atoms with E-state index in [1.54, 1.807) is 41.3 Å². The molecule has 2 aromatic heterocycles. The number of amides is 1. The van der Waals surface area contributed by atoms with Crippen LogP contribution in [0.3, 0.4) is 0 Å². The second-order valence-electron chi connectivity index (χ2n) is 6.58. The minimum absolute atomic E-state index is 0.0458. The number of aromatic amines is 1. The number of nitrogens with one attached hydrogen (secondary N) is 2. The van der Waals surface area contributed by atoms with Crippen LogP contribution in [0, 0.1) is 0 Å². The molecule has 0 unspecified atom stereocenters. The summed E-state index contributed by atoms with van der Waals surface area (Å²) in [5.74, 6) is -0.319. The zero-order valence-electron chi connectivity index (χ0n) is 15.9. The molecular weight excluding hydrogens is 428 g/mol. The maximum absolute atomic E-state index is 12.6. The summed E-state index contributed by atoms with van der Waals surface area (Å²) in [6.45, 7) is -2.38. The summed E-state index contributed by atoms with van der Waals surface area (Å²) in [6.07, 6.45) is 3.27. The Morgan fingerprint density at radius 3 is 2.71 bits per heavy atom. The van der Waals surface area contributed by atoms with Crippen molar-refractivity contribution in [3.05, 3.63) is 83.3 Å². The second kappa shape index (κ2) is 8.97. The first-order chi connectivity index (χ1) is 15.0. The Labute approximate surface area is 180 Å². The first-order valence-electron chi connectivity index (χ1n) is 9.15. The summed E-state index contributed by atoms with van der Waals surface area (Å²) in [7, 11) is 0. The van der Waals surface area contributed by atoms with Gasteiger partial charge in [0.05, 0.1) is 23.5 Å². The summed E-state index contributed by atoms with van der Waals surface area (Å²) in [6, 6.07) is 14.9. The van der Waals surface area contributed by atoms with Gasteiger partial charge in [0.25, 0.3) is 5.91 Å². The molecule has 0 saturated heterocycles. The van der Waals surface area contributed by atoms with Crippen molar-refractivity contribution in [3.63, 3.8) is 0 Å². The van der Waals surface area contributed by atoms with Crippen molar-refractivity contribution in [3.8, 4) is 17.0 Å². The predicted molar refractivity (Wildman–Crippen MR) is 111 cm³/mol. The predicted octanol–water partition coefficient (Wildman–Crippen LogP) is 4.83. The largest absolute Gasteiger partial charge is 0.435 e. The van der Waals surface area contributed by atoms with Crippen LogP contribution in [0.15, 0.2) is 67.0 Å². The lowest BCUT2D eigenvalue weighted by molar-refractivity contribution is -0.0498. The van der Waals surface area contributed by atoms with E-state index in [2.05, 4.69) is 25.3 Å². The number of rotatable bonds is 7. The van der Waals surface area contributed by atoms with Gasteiger partial charge in [-0.15, -0.1) is 0 Å². The normalized spacial score (nSPS) is 11.0. The van der Waals surface area contributed by atoms with Gasteiger partial charge in [-0.1, -0.05) is 23.7 Å². The second-order valence-corrected chi connectivity index (χ2v) is 7.02. The van der Waals surface area contributed by atoms with Gasteiger partial charge in [0.2, 0.25) is 0 Å². The van der Waals surface area contributed by atoms with Crippen molar-refractivity contribution in [1.82, 2.24) is 20.0 Å².